The van der Waals surface area contributed by atoms with Crippen LogP contribution in [-0.2, 0) is 6.54 Å². The number of fused-ring (bicyclic) bond motifs is 5. The molecule has 2 aromatic carbocycles. The van der Waals surface area contributed by atoms with E-state index in [1.54, 1.807) is 0 Å². The summed E-state index contributed by atoms with van der Waals surface area (Å²) in [6.07, 6.45) is 6.43. The molecule has 4 heterocycles. The third kappa shape index (κ3) is 4.32. The zero-order valence-corrected chi connectivity index (χ0v) is 21.8. The number of benzene rings is 2. The predicted molar refractivity (Wildman–Crippen MR) is 147 cm³/mol. The SMILES string of the molecule is CC[C@H](C)N(C)C[C@H]1CCN(c2ccc3c(c2)Cn2cc(-c4ccc(C#N)cc4)cc2-c2nncn2-3)C1. The predicted octanol–water partition coefficient (Wildman–Crippen LogP) is 5.19. The van der Waals surface area contributed by atoms with Crippen LogP contribution in [0.15, 0.2) is 61.1 Å². The fourth-order valence-corrected chi connectivity index (χ4v) is 5.74. The van der Waals surface area contributed by atoms with E-state index in [0.29, 0.717) is 17.5 Å². The first-order valence-corrected chi connectivity index (χ1v) is 13.2. The van der Waals surface area contributed by atoms with E-state index in [-0.39, 0.29) is 0 Å². The van der Waals surface area contributed by atoms with Crippen LogP contribution < -0.4 is 4.90 Å². The summed E-state index contributed by atoms with van der Waals surface area (Å²) in [7, 11) is 2.26. The Morgan fingerprint density at radius 1 is 1.14 bits per heavy atom. The van der Waals surface area contributed by atoms with Gasteiger partial charge in [0.2, 0.25) is 0 Å². The van der Waals surface area contributed by atoms with Crippen molar-refractivity contribution < 1.29 is 0 Å². The van der Waals surface area contributed by atoms with Crippen molar-refractivity contribution in [1.82, 2.24) is 24.2 Å². The Labute approximate surface area is 218 Å². The standard InChI is InChI=1S/C30H33N7/c1-4-21(2)34(3)16-23-11-12-35(17-23)27-9-10-28-26(13-27)19-36-18-25(24-7-5-22(15-31)6-8-24)14-29(36)30-33-32-20-37(28)30/h5-10,13-14,18,20-21,23H,4,11-12,16-17,19H2,1-3H3/t21-,23+/m0/s1. The van der Waals surface area contributed by atoms with Crippen LogP contribution in [0.25, 0.3) is 28.3 Å². The minimum atomic E-state index is 0.629. The fourth-order valence-electron chi connectivity index (χ4n) is 5.74. The molecule has 2 atom stereocenters. The molecule has 188 valence electrons. The van der Waals surface area contributed by atoms with Crippen LogP contribution in [0.1, 0.15) is 37.8 Å². The molecule has 7 nitrogen and oxygen atoms in total. The number of aromatic nitrogens is 4. The second kappa shape index (κ2) is 9.53. The van der Waals surface area contributed by atoms with Crippen molar-refractivity contribution in [3.05, 3.63) is 72.2 Å². The molecule has 0 aliphatic carbocycles. The topological polar surface area (TPSA) is 65.9 Å². The summed E-state index contributed by atoms with van der Waals surface area (Å²) in [6, 6.07) is 19.6. The van der Waals surface area contributed by atoms with Gasteiger partial charge in [0.15, 0.2) is 5.82 Å². The third-order valence-corrected chi connectivity index (χ3v) is 8.22. The lowest BCUT2D eigenvalue weighted by Crippen LogP contribution is -2.34. The van der Waals surface area contributed by atoms with E-state index in [9.17, 15) is 0 Å². The maximum Gasteiger partial charge on any atom is 0.185 e. The van der Waals surface area contributed by atoms with Crippen LogP contribution in [0.4, 0.5) is 5.69 Å². The van der Waals surface area contributed by atoms with E-state index in [4.69, 9.17) is 5.26 Å². The zero-order valence-electron chi connectivity index (χ0n) is 21.8. The highest BCUT2D eigenvalue weighted by molar-refractivity contribution is 5.72. The molecular formula is C30H33N7. The first kappa shape index (κ1) is 23.5. The summed E-state index contributed by atoms with van der Waals surface area (Å²) in [5, 5.41) is 17.9. The first-order chi connectivity index (χ1) is 18.0. The normalized spacial score (nSPS) is 17.2. The largest absolute Gasteiger partial charge is 0.371 e. The van der Waals surface area contributed by atoms with Crippen LogP contribution in [0.3, 0.4) is 0 Å². The number of hydrogen-bond acceptors (Lipinski definition) is 5. The Morgan fingerprint density at radius 3 is 2.76 bits per heavy atom. The molecule has 2 aliphatic heterocycles. The van der Waals surface area contributed by atoms with Crippen LogP contribution in [0.5, 0.6) is 0 Å². The number of nitrogens with zero attached hydrogens (tertiary/aromatic N) is 7. The molecule has 0 N–H and O–H groups in total. The van der Waals surface area contributed by atoms with Crippen molar-refractivity contribution in [3.8, 4) is 34.4 Å². The molecule has 0 unspecified atom stereocenters. The molecule has 0 amide bonds. The van der Waals surface area contributed by atoms with Gasteiger partial charge in [-0.2, -0.15) is 5.26 Å². The minimum absolute atomic E-state index is 0.629. The van der Waals surface area contributed by atoms with Gasteiger partial charge in [-0.25, -0.2) is 0 Å². The van der Waals surface area contributed by atoms with Gasteiger partial charge in [0.1, 0.15) is 6.33 Å². The molecule has 1 saturated heterocycles. The highest BCUT2D eigenvalue weighted by Gasteiger charge is 2.27. The van der Waals surface area contributed by atoms with Gasteiger partial charge >= 0.3 is 0 Å². The van der Waals surface area contributed by atoms with E-state index in [1.807, 2.05) is 30.6 Å². The average Bonchev–Trinajstić information content (AvgIpc) is 3.67. The van der Waals surface area contributed by atoms with Crippen molar-refractivity contribution in [2.24, 2.45) is 5.92 Å². The molecule has 37 heavy (non-hydrogen) atoms. The quantitative estimate of drug-likeness (QED) is 0.327. The molecule has 7 heteroatoms. The third-order valence-electron chi connectivity index (χ3n) is 8.22. The molecule has 2 aliphatic rings. The smallest absolute Gasteiger partial charge is 0.185 e. The molecule has 0 bridgehead atoms. The summed E-state index contributed by atoms with van der Waals surface area (Å²) >= 11 is 0. The van der Waals surface area contributed by atoms with Crippen molar-refractivity contribution >= 4 is 5.69 Å². The summed E-state index contributed by atoms with van der Waals surface area (Å²) in [4.78, 5) is 5.06. The Balaban J connectivity index is 1.29. The molecule has 0 spiro atoms. The maximum absolute atomic E-state index is 9.15. The van der Waals surface area contributed by atoms with Crippen molar-refractivity contribution in [2.45, 2.75) is 39.3 Å². The van der Waals surface area contributed by atoms with E-state index >= 15 is 0 Å². The second-order valence-corrected chi connectivity index (χ2v) is 10.6. The van der Waals surface area contributed by atoms with Gasteiger partial charge < -0.3 is 14.4 Å². The summed E-state index contributed by atoms with van der Waals surface area (Å²) in [6.45, 7) is 8.73. The van der Waals surface area contributed by atoms with E-state index in [0.717, 1.165) is 54.5 Å². The lowest BCUT2D eigenvalue weighted by Gasteiger charge is -2.27. The first-order valence-electron chi connectivity index (χ1n) is 13.2. The van der Waals surface area contributed by atoms with Crippen LogP contribution >= 0.6 is 0 Å². The lowest BCUT2D eigenvalue weighted by molar-refractivity contribution is 0.220. The van der Waals surface area contributed by atoms with Crippen molar-refractivity contribution in [1.29, 1.82) is 5.26 Å². The molecule has 6 rings (SSSR count). The van der Waals surface area contributed by atoms with Gasteiger partial charge in [0.05, 0.1) is 23.0 Å². The highest BCUT2D eigenvalue weighted by atomic mass is 15.3. The lowest BCUT2D eigenvalue weighted by atomic mass is 10.1. The molecule has 1 fully saturated rings. The van der Waals surface area contributed by atoms with Gasteiger partial charge in [-0.15, -0.1) is 10.2 Å². The zero-order chi connectivity index (χ0) is 25.5. The van der Waals surface area contributed by atoms with Gasteiger partial charge in [0, 0.05) is 49.7 Å². The Bertz CT molecular complexity index is 1460. The van der Waals surface area contributed by atoms with Gasteiger partial charge in [-0.05, 0) is 80.3 Å². The van der Waals surface area contributed by atoms with Gasteiger partial charge in [-0.3, -0.25) is 4.57 Å². The summed E-state index contributed by atoms with van der Waals surface area (Å²) in [5.74, 6) is 1.55. The Kier molecular flexibility index (Phi) is 6.05. The maximum atomic E-state index is 9.15. The Hall–Kier alpha value is -3.89. The molecule has 0 radical (unpaired) electrons. The molecule has 2 aromatic heterocycles. The van der Waals surface area contributed by atoms with Crippen molar-refractivity contribution in [3.63, 3.8) is 0 Å². The average molecular weight is 492 g/mol. The summed E-state index contributed by atoms with van der Waals surface area (Å²) < 4.78 is 4.38. The monoisotopic (exact) mass is 491 g/mol. The van der Waals surface area contributed by atoms with Crippen molar-refractivity contribution in [2.75, 3.05) is 31.6 Å². The number of hydrogen-bond donors (Lipinski definition) is 0. The number of rotatable bonds is 6. The van der Waals surface area contributed by atoms with Crippen LogP contribution in [0, 0.1) is 17.2 Å². The second-order valence-electron chi connectivity index (χ2n) is 10.6. The van der Waals surface area contributed by atoms with Crippen LogP contribution in [0.2, 0.25) is 0 Å². The van der Waals surface area contributed by atoms with E-state index < -0.39 is 0 Å². The number of nitriles is 1. The fraction of sp³-hybridized carbons (Fsp3) is 0.367. The summed E-state index contributed by atoms with van der Waals surface area (Å²) in [5.41, 5.74) is 7.61. The van der Waals surface area contributed by atoms with E-state index in [2.05, 4.69) is 86.6 Å². The molecule has 4 aromatic rings. The highest BCUT2D eigenvalue weighted by Crippen LogP contribution is 2.35. The minimum Gasteiger partial charge on any atom is -0.371 e. The van der Waals surface area contributed by atoms with Gasteiger partial charge in [-0.1, -0.05) is 19.1 Å². The van der Waals surface area contributed by atoms with E-state index in [1.165, 1.54) is 24.1 Å². The van der Waals surface area contributed by atoms with Crippen LogP contribution in [-0.4, -0.2) is 57.0 Å². The Morgan fingerprint density at radius 2 is 1.97 bits per heavy atom. The molecule has 0 saturated carbocycles. The molecular weight excluding hydrogens is 458 g/mol. The van der Waals surface area contributed by atoms with Gasteiger partial charge in [0.25, 0.3) is 0 Å². The number of anilines is 1.